The summed E-state index contributed by atoms with van der Waals surface area (Å²) in [7, 11) is 1.74. The minimum atomic E-state index is -0.442. The third kappa shape index (κ3) is 2.33. The normalized spacial score (nSPS) is 22.4. The van der Waals surface area contributed by atoms with Gasteiger partial charge in [0, 0.05) is 26.4 Å². The van der Waals surface area contributed by atoms with Crippen molar-refractivity contribution in [2.45, 2.75) is 25.6 Å². The summed E-state index contributed by atoms with van der Waals surface area (Å²) >= 11 is 0. The molecule has 16 heavy (non-hydrogen) atoms. The Morgan fingerprint density at radius 3 is 3.06 bits per heavy atom. The topological polar surface area (TPSA) is 45.6 Å². The van der Waals surface area contributed by atoms with E-state index in [2.05, 4.69) is 9.88 Å². The first kappa shape index (κ1) is 11.4. The third-order valence-corrected chi connectivity index (χ3v) is 3.05. The van der Waals surface area contributed by atoms with Gasteiger partial charge in [-0.25, -0.2) is 4.98 Å². The Balaban J connectivity index is 2.12. The van der Waals surface area contributed by atoms with Crippen molar-refractivity contribution in [2.24, 2.45) is 0 Å². The molecule has 88 valence electrons. The highest BCUT2D eigenvalue weighted by Gasteiger charge is 2.23. The van der Waals surface area contributed by atoms with Gasteiger partial charge in [0.2, 0.25) is 0 Å². The van der Waals surface area contributed by atoms with Crippen molar-refractivity contribution in [1.29, 1.82) is 0 Å². The van der Waals surface area contributed by atoms with E-state index in [1.165, 1.54) is 0 Å². The number of ether oxygens (including phenoxy) is 1. The number of nitrogens with zero attached hydrogens (tertiary/aromatic N) is 2. The van der Waals surface area contributed by atoms with E-state index in [1.807, 2.05) is 12.1 Å². The predicted octanol–water partition coefficient (Wildman–Crippen LogP) is 1.36. The Labute approximate surface area is 95.9 Å². The van der Waals surface area contributed by atoms with Crippen LogP contribution in [0.5, 0.6) is 0 Å². The summed E-state index contributed by atoms with van der Waals surface area (Å²) < 4.78 is 5.32. The highest BCUT2D eigenvalue weighted by atomic mass is 16.5. The molecule has 1 unspecified atom stereocenters. The number of aliphatic hydroxyl groups excluding tert-OH is 1. The number of anilines is 1. The molecule has 1 aromatic heterocycles. The van der Waals surface area contributed by atoms with E-state index >= 15 is 0 Å². The Hall–Kier alpha value is -1.13. The number of aromatic nitrogens is 1. The van der Waals surface area contributed by atoms with Gasteiger partial charge in [0.25, 0.3) is 0 Å². The first-order chi connectivity index (χ1) is 7.70. The second-order valence-electron chi connectivity index (χ2n) is 4.22. The van der Waals surface area contributed by atoms with Crippen molar-refractivity contribution in [3.8, 4) is 0 Å². The lowest BCUT2D eigenvalue weighted by Gasteiger charge is -2.18. The Bertz CT molecular complexity index is 355. The lowest BCUT2D eigenvalue weighted by Crippen LogP contribution is -2.23. The maximum atomic E-state index is 9.52. The van der Waals surface area contributed by atoms with Gasteiger partial charge in [-0.1, -0.05) is 0 Å². The van der Waals surface area contributed by atoms with E-state index in [4.69, 9.17) is 4.74 Å². The molecule has 4 nitrogen and oxygen atoms in total. The smallest absolute Gasteiger partial charge is 0.128 e. The van der Waals surface area contributed by atoms with Crippen LogP contribution in [0, 0.1) is 0 Å². The highest BCUT2D eigenvalue weighted by Crippen LogP contribution is 2.22. The fourth-order valence-corrected chi connectivity index (χ4v) is 2.00. The summed E-state index contributed by atoms with van der Waals surface area (Å²) in [6, 6.07) is 3.79. The largest absolute Gasteiger partial charge is 0.389 e. The molecule has 0 amide bonds. The molecule has 1 aliphatic heterocycles. The summed E-state index contributed by atoms with van der Waals surface area (Å²) in [4.78, 5) is 6.53. The van der Waals surface area contributed by atoms with Crippen LogP contribution in [0.3, 0.4) is 0 Å². The zero-order valence-electron chi connectivity index (χ0n) is 9.76. The quantitative estimate of drug-likeness (QED) is 0.838. The summed E-state index contributed by atoms with van der Waals surface area (Å²) in [6.07, 6.45) is 2.65. The van der Waals surface area contributed by atoms with Gasteiger partial charge >= 0.3 is 0 Å². The molecule has 0 radical (unpaired) electrons. The van der Waals surface area contributed by atoms with Crippen molar-refractivity contribution in [2.75, 3.05) is 25.1 Å². The van der Waals surface area contributed by atoms with Crippen LogP contribution in [0.15, 0.2) is 18.3 Å². The molecule has 1 fully saturated rings. The maximum Gasteiger partial charge on any atom is 0.128 e. The zero-order valence-corrected chi connectivity index (χ0v) is 9.76. The van der Waals surface area contributed by atoms with Gasteiger partial charge < -0.3 is 14.7 Å². The SMILES string of the molecule is COC1CCN(c2cc([C@@H](C)O)ccn2)C1. The molecule has 4 heteroatoms. The minimum absolute atomic E-state index is 0.303. The zero-order chi connectivity index (χ0) is 11.5. The van der Waals surface area contributed by atoms with Crippen molar-refractivity contribution >= 4 is 5.82 Å². The number of hydrogen-bond donors (Lipinski definition) is 1. The first-order valence-corrected chi connectivity index (χ1v) is 5.62. The Morgan fingerprint density at radius 1 is 1.62 bits per heavy atom. The fourth-order valence-electron chi connectivity index (χ4n) is 2.00. The van der Waals surface area contributed by atoms with E-state index in [9.17, 15) is 5.11 Å². The van der Waals surface area contributed by atoms with Gasteiger partial charge in [-0.15, -0.1) is 0 Å². The van der Waals surface area contributed by atoms with Crippen LogP contribution >= 0.6 is 0 Å². The van der Waals surface area contributed by atoms with Gasteiger partial charge in [0.15, 0.2) is 0 Å². The monoisotopic (exact) mass is 222 g/mol. The second kappa shape index (κ2) is 4.80. The second-order valence-corrected chi connectivity index (χ2v) is 4.22. The standard InChI is InChI=1S/C12H18N2O2/c1-9(15)10-3-5-13-12(7-10)14-6-4-11(8-14)16-2/h3,5,7,9,11,15H,4,6,8H2,1-2H3/t9-,11?/m1/s1. The van der Waals surface area contributed by atoms with Crippen LogP contribution in [-0.2, 0) is 4.74 Å². The molecular weight excluding hydrogens is 204 g/mol. The van der Waals surface area contributed by atoms with Crippen LogP contribution in [0.4, 0.5) is 5.82 Å². The van der Waals surface area contributed by atoms with Crippen molar-refractivity contribution in [1.82, 2.24) is 4.98 Å². The lowest BCUT2D eigenvalue weighted by molar-refractivity contribution is 0.121. The molecule has 0 bridgehead atoms. The van der Waals surface area contributed by atoms with Crippen molar-refractivity contribution in [3.05, 3.63) is 23.9 Å². The van der Waals surface area contributed by atoms with Gasteiger partial charge in [-0.05, 0) is 31.0 Å². The highest BCUT2D eigenvalue weighted by molar-refractivity contribution is 5.42. The molecule has 2 rings (SSSR count). The molecule has 0 aliphatic carbocycles. The van der Waals surface area contributed by atoms with E-state index in [0.717, 1.165) is 30.9 Å². The summed E-state index contributed by atoms with van der Waals surface area (Å²) in [5.74, 6) is 0.929. The molecule has 1 aliphatic rings. The molecular formula is C12H18N2O2. The van der Waals surface area contributed by atoms with Crippen LogP contribution in [0.25, 0.3) is 0 Å². The number of hydrogen-bond acceptors (Lipinski definition) is 4. The lowest BCUT2D eigenvalue weighted by atomic mass is 10.2. The van der Waals surface area contributed by atoms with Gasteiger partial charge in [-0.3, -0.25) is 0 Å². The van der Waals surface area contributed by atoms with Crippen LogP contribution in [0.2, 0.25) is 0 Å². The molecule has 2 atom stereocenters. The first-order valence-electron chi connectivity index (χ1n) is 5.62. The third-order valence-electron chi connectivity index (χ3n) is 3.05. The molecule has 1 saturated heterocycles. The van der Waals surface area contributed by atoms with Crippen molar-refractivity contribution < 1.29 is 9.84 Å². The summed E-state index contributed by atoms with van der Waals surface area (Å²) in [6.45, 7) is 3.61. The van der Waals surface area contributed by atoms with Crippen LogP contribution < -0.4 is 4.90 Å². The number of methoxy groups -OCH3 is 1. The average Bonchev–Trinajstić information content (AvgIpc) is 2.77. The Kier molecular flexibility index (Phi) is 3.41. The summed E-state index contributed by atoms with van der Waals surface area (Å²) in [5.41, 5.74) is 0.908. The van der Waals surface area contributed by atoms with Gasteiger partial charge in [-0.2, -0.15) is 0 Å². The predicted molar refractivity (Wildman–Crippen MR) is 62.5 cm³/mol. The molecule has 0 saturated carbocycles. The van der Waals surface area contributed by atoms with Gasteiger partial charge in [0.05, 0.1) is 12.2 Å². The van der Waals surface area contributed by atoms with E-state index in [0.29, 0.717) is 6.10 Å². The Morgan fingerprint density at radius 2 is 2.44 bits per heavy atom. The van der Waals surface area contributed by atoms with E-state index in [-0.39, 0.29) is 0 Å². The van der Waals surface area contributed by atoms with Gasteiger partial charge in [0.1, 0.15) is 5.82 Å². The molecule has 1 aromatic rings. The van der Waals surface area contributed by atoms with Crippen LogP contribution in [-0.4, -0.2) is 36.4 Å². The van der Waals surface area contributed by atoms with Crippen molar-refractivity contribution in [3.63, 3.8) is 0 Å². The molecule has 0 spiro atoms. The maximum absolute atomic E-state index is 9.52. The minimum Gasteiger partial charge on any atom is -0.389 e. The van der Waals surface area contributed by atoms with E-state index < -0.39 is 6.10 Å². The molecule has 1 N–H and O–H groups in total. The van der Waals surface area contributed by atoms with E-state index in [1.54, 1.807) is 20.2 Å². The average molecular weight is 222 g/mol. The summed E-state index contributed by atoms with van der Waals surface area (Å²) in [5, 5.41) is 9.52. The number of rotatable bonds is 3. The fraction of sp³-hybridized carbons (Fsp3) is 0.583. The number of pyridine rings is 1. The molecule has 2 heterocycles. The number of aliphatic hydroxyl groups is 1. The molecule has 0 aromatic carbocycles. The van der Waals surface area contributed by atoms with Crippen LogP contribution in [0.1, 0.15) is 25.0 Å².